The Balaban J connectivity index is 1.32. The van der Waals surface area contributed by atoms with Crippen molar-refractivity contribution in [3.63, 3.8) is 0 Å². The van der Waals surface area contributed by atoms with Crippen molar-refractivity contribution in [2.24, 2.45) is 4.99 Å². The van der Waals surface area contributed by atoms with Gasteiger partial charge < -0.3 is 9.80 Å². The quantitative estimate of drug-likeness (QED) is 0.662. The van der Waals surface area contributed by atoms with Crippen LogP contribution in [0.15, 0.2) is 53.5 Å². The highest BCUT2D eigenvalue weighted by Gasteiger charge is 2.29. The Hall–Kier alpha value is -2.60. The van der Waals surface area contributed by atoms with E-state index in [9.17, 15) is 13.6 Å². The molecule has 2 aliphatic rings. The molecular formula is C24H26F2N3O. The first-order valence-corrected chi connectivity index (χ1v) is 10.6. The van der Waals surface area contributed by atoms with E-state index in [1.54, 1.807) is 0 Å². The fraction of sp³-hybridized carbons (Fsp3) is 0.417. The molecule has 0 atom stereocenters. The number of halogens is 2. The van der Waals surface area contributed by atoms with Crippen LogP contribution >= 0.6 is 0 Å². The second-order valence-electron chi connectivity index (χ2n) is 8.05. The standard InChI is InChI=1S/C24H26F2N3O/c25-20-7-3-18(4-8-20)23(19-5-9-21(26)10-6-19)2-1-14-28-15-11-22(12-16-28)29-17-13-27-24(29)30/h3-10,22-23H,1-2,11-12,14-17H2. The molecule has 0 spiro atoms. The maximum atomic E-state index is 13.4. The summed E-state index contributed by atoms with van der Waals surface area (Å²) in [6, 6.07) is 13.3. The van der Waals surface area contributed by atoms with Gasteiger partial charge in [-0.3, -0.25) is 0 Å². The highest BCUT2D eigenvalue weighted by molar-refractivity contribution is 5.91. The molecule has 1 fully saturated rings. The molecule has 0 bridgehead atoms. The third-order valence-corrected chi connectivity index (χ3v) is 6.17. The zero-order valence-electron chi connectivity index (χ0n) is 16.9. The smallest absolute Gasteiger partial charge is 0.314 e. The number of carbonyl (C=O) groups is 1. The third kappa shape index (κ3) is 4.93. The fourth-order valence-electron chi connectivity index (χ4n) is 4.49. The number of hydrogen-bond acceptors (Lipinski definition) is 2. The summed E-state index contributed by atoms with van der Waals surface area (Å²) in [7, 11) is 0. The summed E-state index contributed by atoms with van der Waals surface area (Å²) in [5.74, 6) is -0.392. The van der Waals surface area contributed by atoms with Crippen molar-refractivity contribution >= 4 is 12.2 Å². The molecule has 4 rings (SSSR count). The maximum Gasteiger partial charge on any atom is 0.344 e. The van der Waals surface area contributed by atoms with Crippen LogP contribution < -0.4 is 0 Å². The second-order valence-corrected chi connectivity index (χ2v) is 8.05. The third-order valence-electron chi connectivity index (χ3n) is 6.17. The summed E-state index contributed by atoms with van der Waals surface area (Å²) in [6.07, 6.45) is 6.57. The second kappa shape index (κ2) is 9.47. The number of aliphatic imine (C=N–C) groups is 1. The molecule has 0 aliphatic carbocycles. The van der Waals surface area contributed by atoms with Gasteiger partial charge >= 0.3 is 6.03 Å². The number of hydrogen-bond donors (Lipinski definition) is 0. The first-order chi connectivity index (χ1) is 14.6. The van der Waals surface area contributed by atoms with Crippen molar-refractivity contribution in [1.82, 2.24) is 9.80 Å². The van der Waals surface area contributed by atoms with E-state index in [1.165, 1.54) is 24.3 Å². The van der Waals surface area contributed by atoms with Gasteiger partial charge in [0, 0.05) is 25.0 Å². The van der Waals surface area contributed by atoms with Crippen LogP contribution in [0.2, 0.25) is 0 Å². The lowest BCUT2D eigenvalue weighted by atomic mass is 9.87. The lowest BCUT2D eigenvalue weighted by Crippen LogP contribution is -2.45. The van der Waals surface area contributed by atoms with E-state index in [2.05, 4.69) is 16.1 Å². The number of carbonyl (C=O) groups excluding carboxylic acids is 1. The molecule has 0 saturated carbocycles. The van der Waals surface area contributed by atoms with Gasteiger partial charge in [-0.15, -0.1) is 0 Å². The molecule has 1 saturated heterocycles. The van der Waals surface area contributed by atoms with Crippen molar-refractivity contribution in [3.05, 3.63) is 71.3 Å². The molecule has 0 unspecified atom stereocenters. The van der Waals surface area contributed by atoms with Crippen LogP contribution in [0.3, 0.4) is 0 Å². The maximum absolute atomic E-state index is 13.4. The predicted octanol–water partition coefficient (Wildman–Crippen LogP) is 4.72. The topological polar surface area (TPSA) is 35.9 Å². The highest BCUT2D eigenvalue weighted by Crippen LogP contribution is 2.30. The zero-order chi connectivity index (χ0) is 20.9. The number of amides is 2. The average Bonchev–Trinajstić information content (AvgIpc) is 3.19. The van der Waals surface area contributed by atoms with Gasteiger partial charge in [-0.1, -0.05) is 24.3 Å². The molecule has 4 nitrogen and oxygen atoms in total. The Bertz CT molecular complexity index is 829. The van der Waals surface area contributed by atoms with Crippen molar-refractivity contribution in [1.29, 1.82) is 0 Å². The van der Waals surface area contributed by atoms with Gasteiger partial charge in [0.2, 0.25) is 0 Å². The number of nitrogens with zero attached hydrogens (tertiary/aromatic N) is 3. The summed E-state index contributed by atoms with van der Waals surface area (Å²) < 4.78 is 26.8. The normalized spacial score (nSPS) is 18.0. The molecular weight excluding hydrogens is 384 g/mol. The Labute approximate surface area is 176 Å². The minimum atomic E-state index is -0.251. The Morgan fingerprint density at radius 3 is 2.03 bits per heavy atom. The van der Waals surface area contributed by atoms with Crippen LogP contribution in [0.25, 0.3) is 0 Å². The Morgan fingerprint density at radius 1 is 0.967 bits per heavy atom. The molecule has 30 heavy (non-hydrogen) atoms. The number of urea groups is 1. The predicted molar refractivity (Wildman–Crippen MR) is 113 cm³/mol. The lowest BCUT2D eigenvalue weighted by Gasteiger charge is -2.36. The first kappa shape index (κ1) is 20.7. The van der Waals surface area contributed by atoms with Gasteiger partial charge in [-0.2, -0.15) is 4.99 Å². The van der Waals surface area contributed by atoms with Gasteiger partial charge in [0.1, 0.15) is 11.6 Å². The molecule has 2 heterocycles. The van der Waals surface area contributed by atoms with Gasteiger partial charge in [0.15, 0.2) is 0 Å². The minimum Gasteiger partial charge on any atom is -0.314 e. The lowest BCUT2D eigenvalue weighted by molar-refractivity contribution is 0.136. The van der Waals surface area contributed by atoms with Crippen molar-refractivity contribution < 1.29 is 13.6 Å². The molecule has 157 valence electrons. The summed E-state index contributed by atoms with van der Waals surface area (Å²) in [5.41, 5.74) is 2.09. The Morgan fingerprint density at radius 2 is 1.53 bits per heavy atom. The summed E-state index contributed by atoms with van der Waals surface area (Å²) in [6.45, 7) is 3.42. The Kier molecular flexibility index (Phi) is 6.53. The van der Waals surface area contributed by atoms with E-state index in [0.29, 0.717) is 6.54 Å². The molecule has 2 aromatic rings. The van der Waals surface area contributed by atoms with Gasteiger partial charge in [0.25, 0.3) is 0 Å². The number of rotatable bonds is 7. The first-order valence-electron chi connectivity index (χ1n) is 10.6. The molecule has 2 aromatic carbocycles. The van der Waals surface area contributed by atoms with Gasteiger partial charge in [0.05, 0.1) is 12.8 Å². The van der Waals surface area contributed by atoms with Crippen molar-refractivity contribution in [2.45, 2.75) is 37.6 Å². The van der Waals surface area contributed by atoms with Crippen LogP contribution in [0.4, 0.5) is 13.6 Å². The van der Waals surface area contributed by atoms with Crippen LogP contribution in [-0.4, -0.2) is 54.3 Å². The van der Waals surface area contributed by atoms with E-state index in [4.69, 9.17) is 0 Å². The minimum absolute atomic E-state index is 0.110. The van der Waals surface area contributed by atoms with E-state index in [1.807, 2.05) is 29.2 Å². The molecule has 0 aromatic heterocycles. The SMILES string of the molecule is O=C1N=[C]CN1C1CCN(CCCC(c2ccc(F)cc2)c2ccc(F)cc2)CC1. The number of benzene rings is 2. The molecule has 2 aliphatic heterocycles. The molecule has 2 amide bonds. The average molecular weight is 410 g/mol. The monoisotopic (exact) mass is 410 g/mol. The highest BCUT2D eigenvalue weighted by atomic mass is 19.1. The van der Waals surface area contributed by atoms with Gasteiger partial charge in [-0.05, 0) is 67.6 Å². The van der Waals surface area contributed by atoms with Crippen LogP contribution in [-0.2, 0) is 0 Å². The number of likely N-dealkylation sites (tertiary alicyclic amines) is 1. The largest absolute Gasteiger partial charge is 0.344 e. The van der Waals surface area contributed by atoms with Gasteiger partial charge in [-0.25, -0.2) is 13.6 Å². The molecule has 0 N–H and O–H groups in total. The van der Waals surface area contributed by atoms with Crippen molar-refractivity contribution in [3.8, 4) is 0 Å². The summed E-state index contributed by atoms with van der Waals surface area (Å²) >= 11 is 0. The van der Waals surface area contributed by atoms with E-state index in [0.717, 1.165) is 56.4 Å². The van der Waals surface area contributed by atoms with Crippen LogP contribution in [0.1, 0.15) is 42.7 Å². The summed E-state index contributed by atoms with van der Waals surface area (Å²) in [5, 5.41) is 0. The van der Waals surface area contributed by atoms with E-state index < -0.39 is 0 Å². The van der Waals surface area contributed by atoms with Crippen LogP contribution in [0, 0.1) is 11.6 Å². The van der Waals surface area contributed by atoms with Crippen molar-refractivity contribution in [2.75, 3.05) is 26.2 Å². The van der Waals surface area contributed by atoms with Crippen LogP contribution in [0.5, 0.6) is 0 Å². The van der Waals surface area contributed by atoms with E-state index in [-0.39, 0.29) is 29.6 Å². The van der Waals surface area contributed by atoms with E-state index >= 15 is 0 Å². The zero-order valence-corrected chi connectivity index (χ0v) is 16.9. The molecule has 6 heteroatoms. The fourth-order valence-corrected chi connectivity index (χ4v) is 4.49. The number of piperidine rings is 1. The summed E-state index contributed by atoms with van der Waals surface area (Å²) in [4.78, 5) is 19.7. The molecule has 1 radical (unpaired) electrons.